The highest BCUT2D eigenvalue weighted by Gasteiger charge is 2.56. The molecule has 3 rings (SSSR count). The number of carbonyl (C=O) groups is 2. The molecule has 3 aliphatic rings. The lowest BCUT2D eigenvalue weighted by Crippen LogP contribution is -2.57. The van der Waals surface area contributed by atoms with E-state index < -0.39 is 25.1 Å². The van der Waals surface area contributed by atoms with E-state index in [0.717, 1.165) is 10.7 Å². The second-order valence-corrected chi connectivity index (χ2v) is 19.5. The van der Waals surface area contributed by atoms with Gasteiger partial charge < -0.3 is 9.16 Å². The monoisotopic (exact) mass is 537 g/mol. The second kappa shape index (κ2) is 10.2. The molecule has 4 atom stereocenters. The molecule has 0 aromatic carbocycles. The van der Waals surface area contributed by atoms with Gasteiger partial charge in [-0.3, -0.25) is 13.9 Å². The normalized spacial score (nSPS) is 28.1. The van der Waals surface area contributed by atoms with Gasteiger partial charge in [0.15, 0.2) is 14.0 Å². The minimum atomic E-state index is -1.88. The average Bonchev–Trinajstić information content (AvgIpc) is 3.23. The van der Waals surface area contributed by atoms with Crippen LogP contribution in [0.15, 0.2) is 21.5 Å². The van der Waals surface area contributed by atoms with E-state index in [1.807, 2.05) is 0 Å². The molecule has 3 heterocycles. The first-order valence-corrected chi connectivity index (χ1v) is 17.2. The summed E-state index contributed by atoms with van der Waals surface area (Å²) in [7, 11) is -2.70. The zero-order chi connectivity index (χ0) is 23.8. The first kappa shape index (κ1) is 26.3. The molecule has 3 aliphatic heterocycles. The zero-order valence-electron chi connectivity index (χ0n) is 19.3. The lowest BCUT2D eigenvalue weighted by Gasteiger charge is -2.43. The highest BCUT2D eigenvalue weighted by molar-refractivity contribution is 8.23. The van der Waals surface area contributed by atoms with Crippen molar-refractivity contribution in [2.24, 2.45) is 5.92 Å². The van der Waals surface area contributed by atoms with Crippen LogP contribution in [0.5, 0.6) is 0 Å². The predicted octanol–water partition coefficient (Wildman–Crippen LogP) is 4.65. The van der Waals surface area contributed by atoms with Crippen molar-refractivity contribution in [3.05, 3.63) is 21.5 Å². The number of halogens is 1. The van der Waals surface area contributed by atoms with Crippen molar-refractivity contribution >= 4 is 66.1 Å². The summed E-state index contributed by atoms with van der Waals surface area (Å²) in [5, 5.41) is 0.387. The van der Waals surface area contributed by atoms with Gasteiger partial charge in [-0.05, 0) is 31.0 Å². The van der Waals surface area contributed by atoms with E-state index in [-0.39, 0.29) is 39.1 Å². The van der Waals surface area contributed by atoms with E-state index >= 15 is 0 Å². The summed E-state index contributed by atoms with van der Waals surface area (Å²) < 4.78 is 24.1. The highest BCUT2D eigenvalue weighted by atomic mass is 35.5. The van der Waals surface area contributed by atoms with E-state index in [4.69, 9.17) is 20.8 Å². The van der Waals surface area contributed by atoms with Gasteiger partial charge in [0.1, 0.15) is 6.61 Å². The number of thioether (sulfide) groups is 2. The quantitative estimate of drug-likeness (QED) is 0.241. The minimum absolute atomic E-state index is 0.0661. The molecule has 32 heavy (non-hydrogen) atoms. The molecule has 0 aromatic rings. The molecule has 0 N–H and O–H groups in total. The molecule has 180 valence electrons. The lowest BCUT2D eigenvalue weighted by atomic mass is 9.94. The SMILES string of the molecule is C=C(Cl)COC(=O)C1=C(S[C@H]2CC[S@@](=O)C2)S[C@@H]2[C@@H](CCO[Si](C)(C)C(C)(C)C)C(=O)N12. The summed E-state index contributed by atoms with van der Waals surface area (Å²) in [5.41, 5.74) is 0.298. The maximum Gasteiger partial charge on any atom is 0.357 e. The molecule has 0 aromatic heterocycles. The van der Waals surface area contributed by atoms with Crippen LogP contribution < -0.4 is 0 Å². The van der Waals surface area contributed by atoms with Crippen LogP contribution in [0.1, 0.15) is 33.6 Å². The maximum absolute atomic E-state index is 13.0. The molecular weight excluding hydrogens is 506 g/mol. The van der Waals surface area contributed by atoms with Crippen LogP contribution in [0.2, 0.25) is 18.1 Å². The van der Waals surface area contributed by atoms with Crippen LogP contribution in [0, 0.1) is 5.92 Å². The largest absolute Gasteiger partial charge is 0.455 e. The summed E-state index contributed by atoms with van der Waals surface area (Å²) in [6.45, 7) is 15.0. The van der Waals surface area contributed by atoms with Crippen molar-refractivity contribution < 1.29 is 23.0 Å². The molecule has 0 spiro atoms. The Kier molecular flexibility index (Phi) is 8.36. The summed E-state index contributed by atoms with van der Waals surface area (Å²) in [6.07, 6.45) is 1.47. The first-order valence-electron chi connectivity index (χ1n) is 10.7. The van der Waals surface area contributed by atoms with Crippen molar-refractivity contribution in [3.63, 3.8) is 0 Å². The maximum atomic E-state index is 13.0. The number of esters is 1. The minimum Gasteiger partial charge on any atom is -0.455 e. The number of hydrogen-bond donors (Lipinski definition) is 0. The van der Waals surface area contributed by atoms with Gasteiger partial charge in [-0.25, -0.2) is 4.79 Å². The van der Waals surface area contributed by atoms with Gasteiger partial charge in [0.25, 0.3) is 0 Å². The van der Waals surface area contributed by atoms with Gasteiger partial charge in [0.05, 0.1) is 15.5 Å². The average molecular weight is 538 g/mol. The van der Waals surface area contributed by atoms with Crippen LogP contribution >= 0.6 is 35.1 Å². The fraction of sp³-hybridized carbons (Fsp3) is 0.714. The first-order chi connectivity index (χ1) is 14.8. The molecule has 2 saturated heterocycles. The van der Waals surface area contributed by atoms with Gasteiger partial charge in [-0.2, -0.15) is 0 Å². The number of hydrogen-bond acceptors (Lipinski definition) is 7. The van der Waals surface area contributed by atoms with Crippen LogP contribution in [0.25, 0.3) is 0 Å². The Bertz CT molecular complexity index is 857. The van der Waals surface area contributed by atoms with Crippen LogP contribution in [0.4, 0.5) is 0 Å². The number of β-lactam (4-membered cyclic amide) rings is 1. The Morgan fingerprint density at radius 3 is 2.66 bits per heavy atom. The number of ether oxygens (including phenoxy) is 1. The Morgan fingerprint density at radius 1 is 1.41 bits per heavy atom. The van der Waals surface area contributed by atoms with Gasteiger partial charge in [-0.15, -0.1) is 11.8 Å². The van der Waals surface area contributed by atoms with Gasteiger partial charge in [0, 0.05) is 39.2 Å². The molecule has 0 bridgehead atoms. The smallest absolute Gasteiger partial charge is 0.357 e. The molecule has 0 unspecified atom stereocenters. The Balaban J connectivity index is 1.68. The third-order valence-corrected chi connectivity index (χ3v) is 15.6. The summed E-state index contributed by atoms with van der Waals surface area (Å²) in [6, 6.07) is 0. The van der Waals surface area contributed by atoms with Crippen LogP contribution in [-0.2, 0) is 29.6 Å². The zero-order valence-corrected chi connectivity index (χ0v) is 23.5. The summed E-state index contributed by atoms with van der Waals surface area (Å²) in [4.78, 5) is 27.4. The number of nitrogens with zero attached hydrogens (tertiary/aromatic N) is 1. The van der Waals surface area contributed by atoms with E-state index in [2.05, 4.69) is 40.4 Å². The fourth-order valence-electron chi connectivity index (χ4n) is 3.44. The number of amides is 1. The molecule has 11 heteroatoms. The van der Waals surface area contributed by atoms with Crippen LogP contribution in [-0.4, -0.2) is 64.6 Å². The van der Waals surface area contributed by atoms with E-state index in [1.54, 1.807) is 28.4 Å². The van der Waals surface area contributed by atoms with Crippen molar-refractivity contribution in [1.82, 2.24) is 4.90 Å². The molecule has 1 amide bonds. The van der Waals surface area contributed by atoms with E-state index in [9.17, 15) is 13.8 Å². The molecule has 0 aliphatic carbocycles. The fourth-order valence-corrected chi connectivity index (χ4v) is 9.73. The highest BCUT2D eigenvalue weighted by Crippen LogP contribution is 2.55. The van der Waals surface area contributed by atoms with Crippen molar-refractivity contribution in [2.75, 3.05) is 24.7 Å². The van der Waals surface area contributed by atoms with Gasteiger partial charge >= 0.3 is 5.97 Å². The van der Waals surface area contributed by atoms with E-state index in [0.29, 0.717) is 30.2 Å². The Labute approximate surface area is 207 Å². The van der Waals surface area contributed by atoms with Gasteiger partial charge in [0.2, 0.25) is 5.91 Å². The van der Waals surface area contributed by atoms with Crippen LogP contribution in [0.3, 0.4) is 0 Å². The third-order valence-electron chi connectivity index (χ3n) is 6.38. The lowest BCUT2D eigenvalue weighted by molar-refractivity contribution is -0.153. The Morgan fingerprint density at radius 2 is 2.09 bits per heavy atom. The third kappa shape index (κ3) is 5.68. The van der Waals surface area contributed by atoms with Crippen molar-refractivity contribution in [2.45, 2.75) is 62.4 Å². The van der Waals surface area contributed by atoms with E-state index in [1.165, 1.54) is 0 Å². The molecule has 6 nitrogen and oxygen atoms in total. The summed E-state index contributed by atoms with van der Waals surface area (Å²) >= 11 is 8.84. The molecule has 0 saturated carbocycles. The second-order valence-electron chi connectivity index (χ2n) is 9.79. The van der Waals surface area contributed by atoms with Crippen molar-refractivity contribution in [1.29, 1.82) is 0 Å². The molecule has 2 fully saturated rings. The topological polar surface area (TPSA) is 72.9 Å². The Hall–Kier alpha value is -0.263. The number of fused-ring (bicyclic) bond motifs is 1. The number of carbonyl (C=O) groups excluding carboxylic acids is 2. The van der Waals surface area contributed by atoms with Crippen molar-refractivity contribution in [3.8, 4) is 0 Å². The number of rotatable bonds is 9. The predicted molar refractivity (Wildman–Crippen MR) is 136 cm³/mol. The standard InChI is InChI=1S/C21H32ClNO5S3Si/c1-13(22)11-27-19(25)16-20(29-14-8-10-31(26)12-14)30-18-15(17(24)23(16)18)7-9-28-32(5,6)21(2,3)4/h14-15,18H,1,7-12H2,2-6H3/t14-,15-,18+,31+/m0/s1. The summed E-state index contributed by atoms with van der Waals surface area (Å²) in [5.74, 6) is 0.474. The van der Waals surface area contributed by atoms with Gasteiger partial charge in [-0.1, -0.05) is 50.7 Å². The molecule has 0 radical (unpaired) electrons. The molecular formula is C21H32ClNO5S3Si.